The average molecular weight is 387 g/mol. The Labute approximate surface area is 154 Å². The molecule has 0 aliphatic heterocycles. The molecule has 0 saturated carbocycles. The number of ether oxygens (including phenoxy) is 1. The van der Waals surface area contributed by atoms with Crippen molar-refractivity contribution in [2.75, 3.05) is 13.2 Å². The second kappa shape index (κ2) is 9.48. The van der Waals surface area contributed by atoms with Crippen molar-refractivity contribution in [3.05, 3.63) is 52.4 Å². The van der Waals surface area contributed by atoms with E-state index < -0.39 is 13.9 Å². The van der Waals surface area contributed by atoms with Crippen LogP contribution in [0, 0.1) is 17.9 Å². The molecule has 0 N–H and O–H groups in total. The van der Waals surface area contributed by atoms with E-state index in [4.69, 9.17) is 15.8 Å². The molecule has 0 aliphatic carbocycles. The molecule has 2 unspecified atom stereocenters. The zero-order valence-corrected chi connectivity index (χ0v) is 16.2. The quantitative estimate of drug-likeness (QED) is 0.418. The highest BCUT2D eigenvalue weighted by molar-refractivity contribution is 7.38. The van der Waals surface area contributed by atoms with Crippen LogP contribution in [0.2, 0.25) is 0 Å². The monoisotopic (exact) mass is 387 g/mol. The first-order chi connectivity index (χ1) is 12.6. The first kappa shape index (κ1) is 20.1. The van der Waals surface area contributed by atoms with Crippen molar-refractivity contribution < 1.29 is 18.4 Å². The minimum Gasteiger partial charge on any atom is -0.363 e. The highest BCUT2D eigenvalue weighted by atomic mass is 31.1. The van der Waals surface area contributed by atoms with Gasteiger partial charge in [0.15, 0.2) is 14.3 Å². The van der Waals surface area contributed by atoms with E-state index in [2.05, 4.69) is 10.9 Å². The van der Waals surface area contributed by atoms with E-state index in [0.29, 0.717) is 46.4 Å². The Morgan fingerprint density at radius 2 is 2.00 bits per heavy atom. The molecule has 26 heavy (non-hydrogen) atoms. The van der Waals surface area contributed by atoms with E-state index in [1.54, 1.807) is 38.1 Å². The predicted molar refractivity (Wildman–Crippen MR) is 99.8 cm³/mol. The lowest BCUT2D eigenvalue weighted by atomic mass is 9.97. The van der Waals surface area contributed by atoms with Gasteiger partial charge >= 0.3 is 8.03 Å². The van der Waals surface area contributed by atoms with Gasteiger partial charge in [-0.3, -0.25) is 4.57 Å². The maximum Gasteiger partial charge on any atom is 0.512 e. The zero-order chi connectivity index (χ0) is 19.1. The smallest absolute Gasteiger partial charge is 0.363 e. The molecular weight excluding hydrogens is 370 g/mol. The topological polar surface area (TPSA) is 80.8 Å². The van der Waals surface area contributed by atoms with Gasteiger partial charge in [0.2, 0.25) is 11.8 Å². The van der Waals surface area contributed by atoms with E-state index in [9.17, 15) is 14.4 Å². The van der Waals surface area contributed by atoms with E-state index in [1.807, 2.05) is 0 Å². The van der Waals surface area contributed by atoms with Gasteiger partial charge in [0, 0.05) is 12.2 Å². The number of nitriles is 1. The summed E-state index contributed by atoms with van der Waals surface area (Å²) < 4.78 is 33.9. The summed E-state index contributed by atoms with van der Waals surface area (Å²) in [6, 6.07) is 8.93. The number of fused-ring (bicyclic) bond motifs is 1. The molecule has 6 nitrogen and oxygen atoms in total. The van der Waals surface area contributed by atoms with Gasteiger partial charge in [0.1, 0.15) is 6.07 Å². The number of hydrogen-bond donors (Lipinski definition) is 0. The van der Waals surface area contributed by atoms with Crippen molar-refractivity contribution in [1.29, 1.82) is 5.26 Å². The van der Waals surface area contributed by atoms with Crippen LogP contribution >= 0.6 is 16.5 Å². The van der Waals surface area contributed by atoms with Gasteiger partial charge < -0.3 is 4.74 Å². The molecule has 0 fully saturated rings. The molecule has 2 aromatic rings. The third kappa shape index (κ3) is 4.13. The summed E-state index contributed by atoms with van der Waals surface area (Å²) in [6.45, 7) is 11.8. The second-order valence-electron chi connectivity index (χ2n) is 5.24. The molecule has 0 aromatic heterocycles. The normalized spacial score (nSPS) is 12.5. The van der Waals surface area contributed by atoms with E-state index >= 15 is 0 Å². The van der Waals surface area contributed by atoms with Gasteiger partial charge in [-0.15, -0.1) is 4.52 Å². The fourth-order valence-corrected chi connectivity index (χ4v) is 4.16. The Hall–Kier alpha value is -2.20. The molecule has 132 valence electrons. The third-order valence-corrected chi connectivity index (χ3v) is 5.54. The second-order valence-corrected chi connectivity index (χ2v) is 7.16. The lowest BCUT2D eigenvalue weighted by molar-refractivity contribution is 0.122. The highest BCUT2D eigenvalue weighted by Gasteiger charge is 2.24. The summed E-state index contributed by atoms with van der Waals surface area (Å²) in [7, 11) is -2.13. The van der Waals surface area contributed by atoms with Gasteiger partial charge in [-0.1, -0.05) is 24.3 Å². The van der Waals surface area contributed by atoms with Crippen molar-refractivity contribution in [3.63, 3.8) is 0 Å². The van der Waals surface area contributed by atoms with Crippen LogP contribution in [0.1, 0.15) is 36.4 Å². The molecular formula is C18H17N2O4P2+. The van der Waals surface area contributed by atoms with Crippen LogP contribution in [0.25, 0.3) is 15.6 Å². The first-order valence-corrected chi connectivity index (χ1v) is 10.2. The summed E-state index contributed by atoms with van der Waals surface area (Å²) in [5.41, 5.74) is 1.81. The molecule has 2 rings (SSSR count). The Kier molecular flexibility index (Phi) is 7.34. The molecule has 0 saturated heterocycles. The SMILES string of the molecule is [C-]#[N+]c1c(C(OCC)P=O)ccc2c(C#N)c(C[P+](=O)OCC)ccc12. The van der Waals surface area contributed by atoms with Gasteiger partial charge in [0.25, 0.3) is 0 Å². The van der Waals surface area contributed by atoms with Crippen molar-refractivity contribution in [2.45, 2.75) is 25.9 Å². The standard InChI is InChI=1S/C18H17N2O4P2/c1-4-23-18(25-21)15-9-8-13-14(17(15)20-3)7-6-12(16(13)10-19)11-26(22)24-5-2/h6-9,18H,4-5,11H2,1-2H3/q+1. The fourth-order valence-electron chi connectivity index (χ4n) is 2.70. The van der Waals surface area contributed by atoms with Crippen molar-refractivity contribution in [3.8, 4) is 6.07 Å². The largest absolute Gasteiger partial charge is 0.512 e. The van der Waals surface area contributed by atoms with Crippen LogP contribution in [-0.4, -0.2) is 13.2 Å². The van der Waals surface area contributed by atoms with Crippen LogP contribution in [-0.2, 0) is 24.6 Å². The molecule has 0 bridgehead atoms. The van der Waals surface area contributed by atoms with Gasteiger partial charge in [-0.2, -0.15) is 5.26 Å². The Balaban J connectivity index is 2.64. The molecule has 0 aliphatic rings. The van der Waals surface area contributed by atoms with Crippen LogP contribution in [0.15, 0.2) is 24.3 Å². The summed E-state index contributed by atoms with van der Waals surface area (Å²) in [5.74, 6) is -0.730. The van der Waals surface area contributed by atoms with Crippen LogP contribution in [0.3, 0.4) is 0 Å². The summed E-state index contributed by atoms with van der Waals surface area (Å²) in [5, 5.41) is 10.8. The summed E-state index contributed by atoms with van der Waals surface area (Å²) in [4.78, 5) is 3.58. The van der Waals surface area contributed by atoms with Gasteiger partial charge in [-0.25, -0.2) is 4.85 Å². The van der Waals surface area contributed by atoms with Crippen molar-refractivity contribution >= 4 is 32.9 Å². The maximum absolute atomic E-state index is 11.9. The predicted octanol–water partition coefficient (Wildman–Crippen LogP) is 5.87. The minimum atomic E-state index is -1.89. The van der Waals surface area contributed by atoms with Crippen molar-refractivity contribution in [2.24, 2.45) is 0 Å². The Morgan fingerprint density at radius 1 is 1.27 bits per heavy atom. The van der Waals surface area contributed by atoms with Crippen LogP contribution < -0.4 is 0 Å². The Bertz CT molecular complexity index is 931. The molecule has 0 heterocycles. The first-order valence-electron chi connectivity index (χ1n) is 7.98. The van der Waals surface area contributed by atoms with Crippen molar-refractivity contribution in [1.82, 2.24) is 0 Å². The van der Waals surface area contributed by atoms with E-state index in [0.717, 1.165) is 0 Å². The lowest BCUT2D eigenvalue weighted by Gasteiger charge is -2.14. The number of nitrogens with zero attached hydrogens (tertiary/aromatic N) is 2. The zero-order valence-electron chi connectivity index (χ0n) is 14.4. The number of hydrogen-bond acceptors (Lipinski definition) is 5. The molecule has 0 spiro atoms. The van der Waals surface area contributed by atoms with Crippen LogP contribution in [0.4, 0.5) is 5.69 Å². The summed E-state index contributed by atoms with van der Waals surface area (Å²) >= 11 is 0. The molecule has 0 radical (unpaired) electrons. The average Bonchev–Trinajstić information content (AvgIpc) is 2.65. The maximum atomic E-state index is 11.9. The summed E-state index contributed by atoms with van der Waals surface area (Å²) in [6.07, 6.45) is 0.137. The fraction of sp³-hybridized carbons (Fsp3) is 0.333. The highest BCUT2D eigenvalue weighted by Crippen LogP contribution is 2.42. The lowest BCUT2D eigenvalue weighted by Crippen LogP contribution is -1.98. The van der Waals surface area contributed by atoms with Gasteiger partial charge in [-0.05, 0) is 34.7 Å². The number of benzene rings is 2. The minimum absolute atomic E-state index is 0.137. The van der Waals surface area contributed by atoms with Crippen LogP contribution in [0.5, 0.6) is 0 Å². The molecule has 0 amide bonds. The molecule has 8 heteroatoms. The molecule has 2 atom stereocenters. The Morgan fingerprint density at radius 3 is 2.58 bits per heavy atom. The number of rotatable bonds is 8. The third-order valence-electron chi connectivity index (χ3n) is 3.77. The van der Waals surface area contributed by atoms with Gasteiger partial charge in [0.05, 0.1) is 18.7 Å². The molecule has 2 aromatic carbocycles. The van der Waals surface area contributed by atoms with E-state index in [1.165, 1.54) is 0 Å². The van der Waals surface area contributed by atoms with E-state index in [-0.39, 0.29) is 14.6 Å².